The molecule has 0 spiro atoms. The van der Waals surface area contributed by atoms with Crippen molar-refractivity contribution in [2.45, 2.75) is 40.2 Å². The van der Waals surface area contributed by atoms with Crippen LogP contribution in [-0.4, -0.2) is 37.1 Å². The van der Waals surface area contributed by atoms with Crippen molar-refractivity contribution < 1.29 is 9.53 Å². The van der Waals surface area contributed by atoms with Crippen LogP contribution in [-0.2, 0) is 9.53 Å². The van der Waals surface area contributed by atoms with Crippen LogP contribution in [0.5, 0.6) is 0 Å². The van der Waals surface area contributed by atoms with Crippen molar-refractivity contribution in [1.82, 2.24) is 4.90 Å². The minimum atomic E-state index is -0.466. The molecule has 3 nitrogen and oxygen atoms in total. The van der Waals surface area contributed by atoms with Crippen LogP contribution < -0.4 is 0 Å². The van der Waals surface area contributed by atoms with Crippen molar-refractivity contribution >= 4 is 5.97 Å². The number of likely N-dealkylation sites (N-methyl/N-ethyl adjacent to an activating group) is 1. The summed E-state index contributed by atoms with van der Waals surface area (Å²) in [6, 6.07) is 0. The fraction of sp³-hybridized carbons (Fsp3) is 0.769. The van der Waals surface area contributed by atoms with Gasteiger partial charge in [-0.3, -0.25) is 0 Å². The van der Waals surface area contributed by atoms with Gasteiger partial charge in [0, 0.05) is 18.0 Å². The number of esters is 1. The van der Waals surface area contributed by atoms with E-state index in [1.165, 1.54) is 6.08 Å². The van der Waals surface area contributed by atoms with Crippen LogP contribution in [0.1, 0.15) is 34.6 Å². The second-order valence-corrected chi connectivity index (χ2v) is 5.85. The Balaban J connectivity index is 4.30. The normalized spacial score (nSPS) is 13.5. The molecule has 0 aliphatic rings. The molecule has 0 rings (SSSR count). The molecule has 0 radical (unpaired) electrons. The summed E-state index contributed by atoms with van der Waals surface area (Å²) in [5.74, 6) is -0.276. The molecule has 0 fully saturated rings. The van der Waals surface area contributed by atoms with E-state index in [-0.39, 0.29) is 11.4 Å². The summed E-state index contributed by atoms with van der Waals surface area (Å²) in [7, 11) is 3.91. The van der Waals surface area contributed by atoms with E-state index in [2.05, 4.69) is 20.8 Å². The molecule has 3 heteroatoms. The fourth-order valence-corrected chi connectivity index (χ4v) is 0.798. The number of hydrogen-bond donors (Lipinski definition) is 0. The van der Waals surface area contributed by atoms with Gasteiger partial charge >= 0.3 is 5.97 Å². The largest absolute Gasteiger partial charge is 0.456 e. The first-order valence-corrected chi connectivity index (χ1v) is 5.60. The average molecular weight is 227 g/mol. The molecule has 0 N–H and O–H groups in total. The average Bonchev–Trinajstić information content (AvgIpc) is 1.99. The highest BCUT2D eigenvalue weighted by molar-refractivity contribution is 5.82. The Labute approximate surface area is 99.5 Å². The van der Waals surface area contributed by atoms with E-state index in [1.54, 1.807) is 6.08 Å². The summed E-state index contributed by atoms with van der Waals surface area (Å²) >= 11 is 0. The maximum absolute atomic E-state index is 11.6. The lowest BCUT2D eigenvalue weighted by Crippen LogP contribution is -2.40. The molecular formula is C13H25NO2. The molecule has 0 aromatic rings. The standard InChI is InChI=1S/C13H25NO2/c1-12(2,3)13(4,5)16-11(15)9-8-10-14(6)7/h8-9H,10H2,1-7H3. The first-order chi connectivity index (χ1) is 7.06. The molecule has 0 unspecified atom stereocenters. The number of ether oxygens (including phenoxy) is 1. The third-order valence-corrected chi connectivity index (χ3v) is 2.89. The van der Waals surface area contributed by atoms with E-state index in [9.17, 15) is 4.79 Å². The van der Waals surface area contributed by atoms with E-state index < -0.39 is 5.60 Å². The van der Waals surface area contributed by atoms with Gasteiger partial charge in [-0.25, -0.2) is 4.79 Å². The van der Waals surface area contributed by atoms with Gasteiger partial charge in [0.2, 0.25) is 0 Å². The second-order valence-electron chi connectivity index (χ2n) is 5.85. The first kappa shape index (κ1) is 15.2. The van der Waals surface area contributed by atoms with Crippen LogP contribution in [0.3, 0.4) is 0 Å². The predicted octanol–water partition coefficient (Wildman–Crippen LogP) is 2.47. The van der Waals surface area contributed by atoms with E-state index in [0.717, 1.165) is 6.54 Å². The Bertz CT molecular complexity index is 260. The summed E-state index contributed by atoms with van der Waals surface area (Å²) in [4.78, 5) is 13.5. The van der Waals surface area contributed by atoms with Gasteiger partial charge < -0.3 is 9.64 Å². The molecule has 0 atom stereocenters. The lowest BCUT2D eigenvalue weighted by atomic mass is 9.79. The number of rotatable bonds is 4. The van der Waals surface area contributed by atoms with E-state index in [1.807, 2.05) is 32.8 Å². The van der Waals surface area contributed by atoms with Gasteiger partial charge in [0.25, 0.3) is 0 Å². The fourth-order valence-electron chi connectivity index (χ4n) is 0.798. The van der Waals surface area contributed by atoms with Gasteiger partial charge in [0.15, 0.2) is 0 Å². The molecule has 0 amide bonds. The summed E-state index contributed by atoms with van der Waals surface area (Å²) in [6.07, 6.45) is 3.30. The van der Waals surface area contributed by atoms with Crippen LogP contribution in [0, 0.1) is 5.41 Å². The van der Waals surface area contributed by atoms with Crippen molar-refractivity contribution in [2.75, 3.05) is 20.6 Å². The summed E-state index contributed by atoms with van der Waals surface area (Å²) in [5, 5.41) is 0. The zero-order valence-corrected chi connectivity index (χ0v) is 11.6. The Morgan fingerprint density at radius 1 is 1.19 bits per heavy atom. The third-order valence-electron chi connectivity index (χ3n) is 2.89. The molecular weight excluding hydrogens is 202 g/mol. The summed E-state index contributed by atoms with van der Waals surface area (Å²) in [6.45, 7) is 10.8. The van der Waals surface area contributed by atoms with E-state index in [4.69, 9.17) is 4.74 Å². The molecule has 0 aliphatic heterocycles. The highest BCUT2D eigenvalue weighted by Gasteiger charge is 2.35. The Kier molecular flexibility index (Phi) is 5.20. The van der Waals surface area contributed by atoms with E-state index >= 15 is 0 Å². The molecule has 0 heterocycles. The summed E-state index contributed by atoms with van der Waals surface area (Å²) in [5.41, 5.74) is -0.537. The van der Waals surface area contributed by atoms with E-state index in [0.29, 0.717) is 0 Å². The zero-order valence-electron chi connectivity index (χ0n) is 11.6. The van der Waals surface area contributed by atoms with Gasteiger partial charge in [-0.05, 0) is 27.9 Å². The molecule has 0 saturated heterocycles. The van der Waals surface area contributed by atoms with Crippen molar-refractivity contribution in [3.63, 3.8) is 0 Å². The highest BCUT2D eigenvalue weighted by atomic mass is 16.6. The maximum atomic E-state index is 11.6. The molecule has 16 heavy (non-hydrogen) atoms. The van der Waals surface area contributed by atoms with Gasteiger partial charge in [0.05, 0.1) is 0 Å². The van der Waals surface area contributed by atoms with Crippen LogP contribution in [0.2, 0.25) is 0 Å². The molecule has 0 aliphatic carbocycles. The topological polar surface area (TPSA) is 29.5 Å². The smallest absolute Gasteiger partial charge is 0.331 e. The van der Waals surface area contributed by atoms with Crippen LogP contribution >= 0.6 is 0 Å². The number of hydrogen-bond acceptors (Lipinski definition) is 3. The third kappa shape index (κ3) is 5.31. The molecule has 0 bridgehead atoms. The minimum absolute atomic E-state index is 0.0714. The van der Waals surface area contributed by atoms with Crippen molar-refractivity contribution in [3.8, 4) is 0 Å². The minimum Gasteiger partial charge on any atom is -0.456 e. The van der Waals surface area contributed by atoms with Gasteiger partial charge in [-0.15, -0.1) is 0 Å². The number of carbonyl (C=O) groups is 1. The number of carbonyl (C=O) groups excluding carboxylic acids is 1. The van der Waals surface area contributed by atoms with Crippen molar-refractivity contribution in [3.05, 3.63) is 12.2 Å². The maximum Gasteiger partial charge on any atom is 0.331 e. The monoisotopic (exact) mass is 227 g/mol. The van der Waals surface area contributed by atoms with Gasteiger partial charge in [0.1, 0.15) is 5.60 Å². The molecule has 0 aromatic carbocycles. The Morgan fingerprint density at radius 2 is 1.69 bits per heavy atom. The van der Waals surface area contributed by atoms with Crippen LogP contribution in [0.25, 0.3) is 0 Å². The lowest BCUT2D eigenvalue weighted by molar-refractivity contribution is -0.160. The molecule has 0 aromatic heterocycles. The number of nitrogens with zero attached hydrogens (tertiary/aromatic N) is 1. The van der Waals surface area contributed by atoms with Crippen molar-refractivity contribution in [2.24, 2.45) is 5.41 Å². The van der Waals surface area contributed by atoms with Gasteiger partial charge in [-0.1, -0.05) is 26.8 Å². The lowest BCUT2D eigenvalue weighted by Gasteiger charge is -2.37. The van der Waals surface area contributed by atoms with Crippen molar-refractivity contribution in [1.29, 1.82) is 0 Å². The van der Waals surface area contributed by atoms with Crippen LogP contribution in [0.4, 0.5) is 0 Å². The Morgan fingerprint density at radius 3 is 2.06 bits per heavy atom. The molecule has 0 saturated carbocycles. The Hall–Kier alpha value is -0.830. The SMILES string of the molecule is CN(C)CC=CC(=O)OC(C)(C)C(C)(C)C. The zero-order chi connectivity index (χ0) is 13.0. The first-order valence-electron chi connectivity index (χ1n) is 5.60. The predicted molar refractivity (Wildman–Crippen MR) is 67.3 cm³/mol. The highest BCUT2D eigenvalue weighted by Crippen LogP contribution is 2.32. The molecule has 94 valence electrons. The second kappa shape index (κ2) is 5.48. The van der Waals surface area contributed by atoms with Crippen LogP contribution in [0.15, 0.2) is 12.2 Å². The summed E-state index contributed by atoms with van der Waals surface area (Å²) < 4.78 is 5.44. The van der Waals surface area contributed by atoms with Gasteiger partial charge in [-0.2, -0.15) is 0 Å². The quantitative estimate of drug-likeness (QED) is 0.546.